The van der Waals surface area contributed by atoms with E-state index in [0.29, 0.717) is 26.8 Å². The molecule has 0 amide bonds. The first-order valence-electron chi connectivity index (χ1n) is 7.55. The molecule has 4 nitrogen and oxygen atoms in total. The number of carbonyl (C=O) groups is 1. The lowest BCUT2D eigenvalue weighted by Gasteiger charge is -2.11. The maximum absolute atomic E-state index is 12.6. The van der Waals surface area contributed by atoms with Gasteiger partial charge in [-0.1, -0.05) is 28.1 Å². The molecular formula is C19H9Br3N2O2. The average molecular weight is 537 g/mol. The van der Waals surface area contributed by atoms with Crippen molar-refractivity contribution in [2.24, 2.45) is 0 Å². The minimum absolute atomic E-state index is 0.342. The lowest BCUT2D eigenvalue weighted by Crippen LogP contribution is -2.09. The van der Waals surface area contributed by atoms with Gasteiger partial charge in [0.15, 0.2) is 5.75 Å². The average Bonchev–Trinajstić information content (AvgIpc) is 2.64. The van der Waals surface area contributed by atoms with Crippen LogP contribution in [0.25, 0.3) is 22.1 Å². The molecule has 0 radical (unpaired) electrons. The zero-order valence-electron chi connectivity index (χ0n) is 13.0. The maximum Gasteiger partial charge on any atom is 0.343 e. The highest BCUT2D eigenvalue weighted by molar-refractivity contribution is 9.11. The minimum atomic E-state index is -0.461. The Morgan fingerprint density at radius 2 is 1.42 bits per heavy atom. The summed E-state index contributed by atoms with van der Waals surface area (Å²) in [7, 11) is 0. The van der Waals surface area contributed by atoms with Crippen molar-refractivity contribution in [1.82, 2.24) is 9.97 Å². The maximum atomic E-state index is 12.6. The molecule has 0 aliphatic carbocycles. The van der Waals surface area contributed by atoms with E-state index in [2.05, 4.69) is 57.8 Å². The van der Waals surface area contributed by atoms with Crippen molar-refractivity contribution < 1.29 is 9.53 Å². The molecule has 0 atom stereocenters. The molecule has 128 valence electrons. The Balaban J connectivity index is 1.86. The summed E-state index contributed by atoms with van der Waals surface area (Å²) in [6.45, 7) is 0. The Bertz CT molecular complexity index is 1160. The van der Waals surface area contributed by atoms with Gasteiger partial charge >= 0.3 is 5.97 Å². The lowest BCUT2D eigenvalue weighted by atomic mass is 10.2. The molecule has 0 aliphatic rings. The van der Waals surface area contributed by atoms with E-state index in [-0.39, 0.29) is 0 Å². The largest absolute Gasteiger partial charge is 0.419 e. The summed E-state index contributed by atoms with van der Waals surface area (Å²) in [5.74, 6) is -0.119. The minimum Gasteiger partial charge on any atom is -0.419 e. The van der Waals surface area contributed by atoms with Crippen molar-refractivity contribution in [2.75, 3.05) is 0 Å². The summed E-state index contributed by atoms with van der Waals surface area (Å²) < 4.78 is 7.94. The Labute approximate surface area is 174 Å². The molecule has 0 unspecified atom stereocenters. The normalized spacial score (nSPS) is 11.0. The van der Waals surface area contributed by atoms with Gasteiger partial charge < -0.3 is 4.74 Å². The number of fused-ring (bicyclic) bond motifs is 2. The van der Waals surface area contributed by atoms with Crippen LogP contribution in [0.15, 0.2) is 68.0 Å². The third-order valence-electron chi connectivity index (χ3n) is 3.76. The first-order valence-corrected chi connectivity index (χ1v) is 9.93. The van der Waals surface area contributed by atoms with Crippen LogP contribution in [0, 0.1) is 0 Å². The number of nitrogens with zero attached hydrogens (tertiary/aromatic N) is 2. The number of halogens is 3. The van der Waals surface area contributed by atoms with E-state index in [1.54, 1.807) is 30.3 Å². The van der Waals surface area contributed by atoms with E-state index in [4.69, 9.17) is 4.74 Å². The van der Waals surface area contributed by atoms with Gasteiger partial charge in [0.1, 0.15) is 11.0 Å². The van der Waals surface area contributed by atoms with E-state index < -0.39 is 5.97 Å². The predicted octanol–water partition coefficient (Wildman–Crippen LogP) is 6.29. The van der Waals surface area contributed by atoms with Crippen LogP contribution in [0.3, 0.4) is 0 Å². The van der Waals surface area contributed by atoms with Crippen molar-refractivity contribution in [3.8, 4) is 5.75 Å². The Hall–Kier alpha value is -1.83. The van der Waals surface area contributed by atoms with E-state index >= 15 is 0 Å². The topological polar surface area (TPSA) is 52.1 Å². The summed E-state index contributed by atoms with van der Waals surface area (Å²) in [6, 6.07) is 16.3. The monoisotopic (exact) mass is 534 g/mol. The number of rotatable bonds is 2. The highest BCUT2D eigenvalue weighted by Gasteiger charge is 2.18. The van der Waals surface area contributed by atoms with Crippen molar-refractivity contribution >= 4 is 75.8 Å². The quantitative estimate of drug-likeness (QED) is 0.172. The standard InChI is InChI=1S/C19H9Br3N2O2/c20-11-7-5-10(6-8-11)19(25)26-18-13(22)9-12(21)16-17(18)24-15-4-2-1-3-14(15)23-16/h1-9H. The highest BCUT2D eigenvalue weighted by Crippen LogP contribution is 2.38. The van der Waals surface area contributed by atoms with Gasteiger partial charge in [0.25, 0.3) is 0 Å². The summed E-state index contributed by atoms with van der Waals surface area (Å²) in [4.78, 5) is 21.8. The second kappa shape index (κ2) is 7.06. The van der Waals surface area contributed by atoms with Crippen LogP contribution in [-0.2, 0) is 0 Å². The van der Waals surface area contributed by atoms with Gasteiger partial charge in [0.2, 0.25) is 0 Å². The molecule has 4 aromatic rings. The summed E-state index contributed by atoms with van der Waals surface area (Å²) in [5, 5.41) is 0. The Morgan fingerprint density at radius 1 is 0.808 bits per heavy atom. The molecule has 0 saturated heterocycles. The number of hydrogen-bond acceptors (Lipinski definition) is 4. The van der Waals surface area contributed by atoms with Crippen molar-refractivity contribution in [3.05, 3.63) is 73.6 Å². The van der Waals surface area contributed by atoms with Gasteiger partial charge in [-0.25, -0.2) is 14.8 Å². The van der Waals surface area contributed by atoms with Crippen molar-refractivity contribution in [2.45, 2.75) is 0 Å². The number of benzene rings is 3. The van der Waals surface area contributed by atoms with Crippen LogP contribution in [-0.4, -0.2) is 15.9 Å². The number of esters is 1. The number of aromatic nitrogens is 2. The first kappa shape index (κ1) is 17.6. The third kappa shape index (κ3) is 3.26. The number of hydrogen-bond donors (Lipinski definition) is 0. The van der Waals surface area contributed by atoms with Gasteiger partial charge in [-0.15, -0.1) is 0 Å². The SMILES string of the molecule is O=C(Oc1c(Br)cc(Br)c2nc3ccccc3nc12)c1ccc(Br)cc1. The van der Waals surface area contributed by atoms with Gasteiger partial charge in [-0.05, 0) is 74.3 Å². The molecule has 1 aromatic heterocycles. The van der Waals surface area contributed by atoms with Crippen LogP contribution < -0.4 is 4.74 Å². The highest BCUT2D eigenvalue weighted by atomic mass is 79.9. The van der Waals surface area contributed by atoms with Gasteiger partial charge in [-0.2, -0.15) is 0 Å². The summed E-state index contributed by atoms with van der Waals surface area (Å²) >= 11 is 10.3. The third-order valence-corrected chi connectivity index (χ3v) is 5.48. The van der Waals surface area contributed by atoms with Crippen LogP contribution in [0.4, 0.5) is 0 Å². The number of carbonyl (C=O) groups excluding carboxylic acids is 1. The molecule has 0 bridgehead atoms. The smallest absolute Gasteiger partial charge is 0.343 e. The molecule has 7 heteroatoms. The molecule has 4 rings (SSSR count). The molecule has 3 aromatic carbocycles. The fourth-order valence-corrected chi connectivity index (χ4v) is 4.09. The van der Waals surface area contributed by atoms with Gasteiger partial charge in [0, 0.05) is 8.95 Å². The molecule has 0 N–H and O–H groups in total. The Morgan fingerprint density at radius 3 is 2.08 bits per heavy atom. The molecular weight excluding hydrogens is 528 g/mol. The predicted molar refractivity (Wildman–Crippen MR) is 112 cm³/mol. The van der Waals surface area contributed by atoms with Crippen LogP contribution in [0.5, 0.6) is 5.75 Å². The van der Waals surface area contributed by atoms with E-state index in [9.17, 15) is 4.79 Å². The number of ether oxygens (including phenoxy) is 1. The zero-order chi connectivity index (χ0) is 18.3. The lowest BCUT2D eigenvalue weighted by molar-refractivity contribution is 0.0735. The second-order valence-corrected chi connectivity index (χ2v) is 8.10. The summed E-state index contributed by atoms with van der Waals surface area (Å²) in [6.07, 6.45) is 0. The molecule has 0 saturated carbocycles. The number of para-hydroxylation sites is 2. The fraction of sp³-hybridized carbons (Fsp3) is 0. The van der Waals surface area contributed by atoms with Crippen molar-refractivity contribution in [1.29, 1.82) is 0 Å². The van der Waals surface area contributed by atoms with E-state index in [1.807, 2.05) is 24.3 Å². The fourth-order valence-electron chi connectivity index (χ4n) is 2.52. The second-order valence-electron chi connectivity index (χ2n) is 5.48. The first-order chi connectivity index (χ1) is 12.5. The zero-order valence-corrected chi connectivity index (χ0v) is 17.8. The molecule has 1 heterocycles. The van der Waals surface area contributed by atoms with Crippen molar-refractivity contribution in [3.63, 3.8) is 0 Å². The van der Waals surface area contributed by atoms with Gasteiger partial charge in [-0.3, -0.25) is 0 Å². The molecule has 0 fully saturated rings. The van der Waals surface area contributed by atoms with Crippen LogP contribution >= 0.6 is 47.8 Å². The molecule has 0 aliphatic heterocycles. The van der Waals surface area contributed by atoms with E-state index in [1.165, 1.54) is 0 Å². The van der Waals surface area contributed by atoms with E-state index in [0.717, 1.165) is 20.0 Å². The molecule has 26 heavy (non-hydrogen) atoms. The Kier molecular flexibility index (Phi) is 4.77. The van der Waals surface area contributed by atoms with Crippen LogP contribution in [0.1, 0.15) is 10.4 Å². The summed E-state index contributed by atoms with van der Waals surface area (Å²) in [5.41, 5.74) is 3.09. The molecule has 0 spiro atoms. The van der Waals surface area contributed by atoms with Gasteiger partial charge in [0.05, 0.1) is 21.1 Å². The van der Waals surface area contributed by atoms with Crippen LogP contribution in [0.2, 0.25) is 0 Å².